The first-order chi connectivity index (χ1) is 14.2. The van der Waals surface area contributed by atoms with Crippen molar-refractivity contribution in [1.82, 2.24) is 19.5 Å². The number of anilines is 2. The van der Waals surface area contributed by atoms with Crippen LogP contribution in [-0.2, 0) is 6.54 Å². The maximum atomic E-state index is 13.3. The largest absolute Gasteiger partial charge is 0.406 e. The van der Waals surface area contributed by atoms with E-state index in [2.05, 4.69) is 15.0 Å². The van der Waals surface area contributed by atoms with E-state index >= 15 is 0 Å². The molecule has 1 saturated heterocycles. The molecule has 2 aromatic heterocycles. The normalized spacial score (nSPS) is 17.0. The number of aromatic nitrogens is 4. The highest BCUT2D eigenvalue weighted by atomic mass is 19.4. The van der Waals surface area contributed by atoms with Crippen molar-refractivity contribution in [3.05, 3.63) is 52.7 Å². The molecule has 1 aromatic carbocycles. The van der Waals surface area contributed by atoms with Gasteiger partial charge in [0.15, 0.2) is 0 Å². The Hall–Kier alpha value is -3.17. The number of benzene rings is 1. The average molecular weight is 418 g/mol. The smallest absolute Gasteiger partial charge is 0.363 e. The van der Waals surface area contributed by atoms with Crippen LogP contribution < -0.4 is 15.4 Å². The first kappa shape index (κ1) is 20.1. The number of para-hydroxylation sites is 1. The average Bonchev–Trinajstić information content (AvgIpc) is 3.19. The third kappa shape index (κ3) is 3.81. The van der Waals surface area contributed by atoms with Gasteiger partial charge in [0.2, 0.25) is 5.95 Å². The lowest BCUT2D eigenvalue weighted by Gasteiger charge is -2.27. The summed E-state index contributed by atoms with van der Waals surface area (Å²) in [6.45, 7) is -0.821. The highest BCUT2D eigenvalue weighted by Crippen LogP contribution is 2.35. The molecular formula is C20H21F3N6O. The van der Waals surface area contributed by atoms with Gasteiger partial charge >= 0.3 is 6.18 Å². The summed E-state index contributed by atoms with van der Waals surface area (Å²) in [5.74, 6) is 1.18. The number of nitrogens with zero attached hydrogens (tertiary/aromatic N) is 6. The fraction of sp³-hybridized carbons (Fsp3) is 0.400. The van der Waals surface area contributed by atoms with Gasteiger partial charge in [-0.1, -0.05) is 12.1 Å². The fourth-order valence-electron chi connectivity index (χ4n) is 3.77. The van der Waals surface area contributed by atoms with E-state index in [0.717, 1.165) is 11.0 Å². The number of hydrogen-bond acceptors (Lipinski definition) is 6. The number of hydrogen-bond donors (Lipinski definition) is 0. The minimum absolute atomic E-state index is 0.0902. The molecule has 1 unspecified atom stereocenters. The van der Waals surface area contributed by atoms with Crippen LogP contribution in [0, 0.1) is 0 Å². The van der Waals surface area contributed by atoms with E-state index in [1.165, 1.54) is 6.07 Å². The van der Waals surface area contributed by atoms with Crippen LogP contribution in [-0.4, -0.2) is 46.3 Å². The molecule has 7 nitrogen and oxygen atoms in total. The van der Waals surface area contributed by atoms with Gasteiger partial charge in [0.25, 0.3) is 5.56 Å². The Bertz CT molecular complexity index is 1130. The Kier molecular flexibility index (Phi) is 5.08. The van der Waals surface area contributed by atoms with E-state index < -0.39 is 24.3 Å². The third-order valence-corrected chi connectivity index (χ3v) is 5.12. The zero-order valence-electron chi connectivity index (χ0n) is 16.6. The van der Waals surface area contributed by atoms with Crippen molar-refractivity contribution < 1.29 is 13.2 Å². The van der Waals surface area contributed by atoms with Crippen molar-refractivity contribution in [2.45, 2.75) is 31.6 Å². The first-order valence-electron chi connectivity index (χ1n) is 9.58. The Morgan fingerprint density at radius 1 is 1.17 bits per heavy atom. The minimum atomic E-state index is -4.55. The van der Waals surface area contributed by atoms with Gasteiger partial charge in [-0.15, -0.1) is 0 Å². The highest BCUT2D eigenvalue weighted by Gasteiger charge is 2.36. The molecule has 0 aliphatic carbocycles. The Labute approximate surface area is 170 Å². The number of halogens is 3. The van der Waals surface area contributed by atoms with Crippen molar-refractivity contribution in [1.29, 1.82) is 0 Å². The second kappa shape index (κ2) is 7.58. The molecule has 30 heavy (non-hydrogen) atoms. The zero-order chi connectivity index (χ0) is 21.5. The van der Waals surface area contributed by atoms with Gasteiger partial charge in [0, 0.05) is 26.8 Å². The molecule has 3 heterocycles. The standard InChI is InChI=1S/C20H21F3N6O/c1-27(2)16-9-10-24-19(26-16)28-11-5-8-15(28)17-25-14-7-4-3-6-13(14)18(30)29(17)12-20(21,22)23/h3-4,6-7,9-10,15H,5,8,11-12H2,1-2H3. The summed E-state index contributed by atoms with van der Waals surface area (Å²) in [7, 11) is 3.69. The summed E-state index contributed by atoms with van der Waals surface area (Å²) in [4.78, 5) is 29.9. The lowest BCUT2D eigenvalue weighted by atomic mass is 10.1. The van der Waals surface area contributed by atoms with Gasteiger partial charge in [-0.25, -0.2) is 9.97 Å². The third-order valence-electron chi connectivity index (χ3n) is 5.12. The monoisotopic (exact) mass is 418 g/mol. The van der Waals surface area contributed by atoms with Crippen LogP contribution >= 0.6 is 0 Å². The predicted octanol–water partition coefficient (Wildman–Crippen LogP) is 3.16. The molecule has 0 radical (unpaired) electrons. The van der Waals surface area contributed by atoms with Gasteiger partial charge in [-0.05, 0) is 31.0 Å². The van der Waals surface area contributed by atoms with Gasteiger partial charge < -0.3 is 9.80 Å². The molecule has 1 aliphatic heterocycles. The molecule has 1 fully saturated rings. The summed E-state index contributed by atoms with van der Waals surface area (Å²) >= 11 is 0. The summed E-state index contributed by atoms with van der Waals surface area (Å²) < 4.78 is 40.7. The van der Waals surface area contributed by atoms with E-state index in [9.17, 15) is 18.0 Å². The lowest BCUT2D eigenvalue weighted by molar-refractivity contribution is -0.141. The Balaban J connectivity index is 1.85. The van der Waals surface area contributed by atoms with Crippen LogP contribution in [0.3, 0.4) is 0 Å². The lowest BCUT2D eigenvalue weighted by Crippen LogP contribution is -2.36. The summed E-state index contributed by atoms with van der Waals surface area (Å²) in [5.41, 5.74) is -0.312. The molecular weight excluding hydrogens is 397 g/mol. The van der Waals surface area contributed by atoms with E-state index in [4.69, 9.17) is 0 Å². The quantitative estimate of drug-likeness (QED) is 0.649. The zero-order valence-corrected chi connectivity index (χ0v) is 16.6. The number of fused-ring (bicyclic) bond motifs is 1. The second-order valence-corrected chi connectivity index (χ2v) is 7.45. The molecule has 0 amide bonds. The summed E-state index contributed by atoms with van der Waals surface area (Å²) in [6, 6.07) is 7.69. The van der Waals surface area contributed by atoms with Crippen molar-refractivity contribution in [2.75, 3.05) is 30.4 Å². The van der Waals surface area contributed by atoms with Crippen LogP contribution in [0.2, 0.25) is 0 Å². The minimum Gasteiger partial charge on any atom is -0.363 e. The molecule has 1 aliphatic rings. The molecule has 0 saturated carbocycles. The van der Waals surface area contributed by atoms with Crippen molar-refractivity contribution in [3.63, 3.8) is 0 Å². The number of rotatable bonds is 4. The molecule has 10 heteroatoms. The van der Waals surface area contributed by atoms with Gasteiger partial charge in [0.1, 0.15) is 18.2 Å². The molecule has 1 atom stereocenters. The maximum Gasteiger partial charge on any atom is 0.406 e. The predicted molar refractivity (Wildman–Crippen MR) is 108 cm³/mol. The summed E-state index contributed by atoms with van der Waals surface area (Å²) in [5, 5.41) is 0.168. The van der Waals surface area contributed by atoms with Crippen LogP contribution in [0.15, 0.2) is 41.3 Å². The van der Waals surface area contributed by atoms with E-state index in [0.29, 0.717) is 30.2 Å². The summed E-state index contributed by atoms with van der Waals surface area (Å²) in [6.07, 6.45) is -1.65. The molecule has 0 N–H and O–H groups in total. The fourth-order valence-corrected chi connectivity index (χ4v) is 3.77. The Morgan fingerprint density at radius 3 is 2.67 bits per heavy atom. The van der Waals surface area contributed by atoms with Crippen LogP contribution in [0.1, 0.15) is 24.7 Å². The topological polar surface area (TPSA) is 67.2 Å². The SMILES string of the molecule is CN(C)c1ccnc(N2CCCC2c2nc3ccccc3c(=O)n2CC(F)(F)F)n1. The van der Waals surface area contributed by atoms with Crippen molar-refractivity contribution in [2.24, 2.45) is 0 Å². The van der Waals surface area contributed by atoms with Crippen LogP contribution in [0.4, 0.5) is 24.9 Å². The highest BCUT2D eigenvalue weighted by molar-refractivity contribution is 5.77. The number of alkyl halides is 3. The van der Waals surface area contributed by atoms with E-state index in [1.54, 1.807) is 30.5 Å². The first-order valence-corrected chi connectivity index (χ1v) is 9.58. The van der Waals surface area contributed by atoms with Crippen molar-refractivity contribution in [3.8, 4) is 0 Å². The van der Waals surface area contributed by atoms with E-state index in [-0.39, 0.29) is 11.2 Å². The molecule has 0 bridgehead atoms. The van der Waals surface area contributed by atoms with Crippen LogP contribution in [0.25, 0.3) is 10.9 Å². The van der Waals surface area contributed by atoms with Crippen molar-refractivity contribution >= 4 is 22.7 Å². The molecule has 3 aromatic rings. The van der Waals surface area contributed by atoms with Gasteiger partial charge in [0.05, 0.1) is 16.9 Å². The van der Waals surface area contributed by atoms with E-state index in [1.807, 2.05) is 23.9 Å². The van der Waals surface area contributed by atoms with Crippen LogP contribution in [0.5, 0.6) is 0 Å². The molecule has 158 valence electrons. The Morgan fingerprint density at radius 2 is 1.93 bits per heavy atom. The molecule has 0 spiro atoms. The van der Waals surface area contributed by atoms with Gasteiger partial charge in [-0.3, -0.25) is 9.36 Å². The second-order valence-electron chi connectivity index (χ2n) is 7.45. The molecule has 4 rings (SSSR count). The van der Waals surface area contributed by atoms with Gasteiger partial charge in [-0.2, -0.15) is 18.2 Å². The maximum absolute atomic E-state index is 13.3.